The number of anilines is 1. The molecule has 0 amide bonds. The lowest BCUT2D eigenvalue weighted by atomic mass is 10.0. The van der Waals surface area contributed by atoms with Crippen LogP contribution >= 0.6 is 23.2 Å². The van der Waals surface area contributed by atoms with Gasteiger partial charge in [-0.05, 0) is 30.3 Å². The molecular formula is C15H13Cl2NO3. The van der Waals surface area contributed by atoms with Crippen LogP contribution in [0.5, 0.6) is 11.5 Å². The van der Waals surface area contributed by atoms with Crippen molar-refractivity contribution < 1.29 is 14.3 Å². The van der Waals surface area contributed by atoms with E-state index < -0.39 is 0 Å². The third-order valence-corrected chi connectivity index (χ3v) is 3.58. The largest absolute Gasteiger partial charge is 0.495 e. The Morgan fingerprint density at radius 3 is 2.38 bits per heavy atom. The molecule has 0 saturated heterocycles. The van der Waals surface area contributed by atoms with Crippen molar-refractivity contribution in [3.63, 3.8) is 0 Å². The fourth-order valence-electron chi connectivity index (χ4n) is 1.94. The number of carbonyl (C=O) groups is 1. The summed E-state index contributed by atoms with van der Waals surface area (Å²) >= 11 is 12.1. The predicted molar refractivity (Wildman–Crippen MR) is 83.9 cm³/mol. The van der Waals surface area contributed by atoms with Gasteiger partial charge in [0.2, 0.25) is 0 Å². The van der Waals surface area contributed by atoms with Gasteiger partial charge in [0.1, 0.15) is 10.8 Å². The first-order chi connectivity index (χ1) is 9.99. The number of methoxy groups -OCH3 is 2. The molecule has 6 heteroatoms. The van der Waals surface area contributed by atoms with E-state index in [1.165, 1.54) is 20.3 Å². The van der Waals surface area contributed by atoms with Gasteiger partial charge in [-0.25, -0.2) is 0 Å². The molecule has 2 N–H and O–H groups in total. The maximum atomic E-state index is 12.6. The van der Waals surface area contributed by atoms with Crippen LogP contribution in [0.15, 0.2) is 30.3 Å². The number of benzene rings is 2. The molecule has 0 aromatic heterocycles. The molecule has 2 aromatic rings. The molecule has 4 nitrogen and oxygen atoms in total. The van der Waals surface area contributed by atoms with Gasteiger partial charge in [0.15, 0.2) is 11.5 Å². The minimum atomic E-state index is -0.323. The van der Waals surface area contributed by atoms with Gasteiger partial charge in [0.25, 0.3) is 0 Å². The Bertz CT molecular complexity index is 702. The minimum Gasteiger partial charge on any atom is -0.495 e. The monoisotopic (exact) mass is 325 g/mol. The van der Waals surface area contributed by atoms with Crippen LogP contribution in [0.3, 0.4) is 0 Å². The Morgan fingerprint density at radius 1 is 1.05 bits per heavy atom. The zero-order valence-corrected chi connectivity index (χ0v) is 13.0. The number of halogens is 2. The van der Waals surface area contributed by atoms with Crippen molar-refractivity contribution in [2.24, 2.45) is 0 Å². The van der Waals surface area contributed by atoms with Crippen molar-refractivity contribution >= 4 is 34.7 Å². The summed E-state index contributed by atoms with van der Waals surface area (Å²) in [5.41, 5.74) is 6.75. The molecule has 0 aliphatic carbocycles. The highest BCUT2D eigenvalue weighted by Crippen LogP contribution is 2.38. The van der Waals surface area contributed by atoms with Crippen molar-refractivity contribution in [1.82, 2.24) is 0 Å². The molecule has 0 fully saturated rings. The van der Waals surface area contributed by atoms with Crippen molar-refractivity contribution in [3.05, 3.63) is 51.5 Å². The SMILES string of the molecule is COc1ccc(C(=O)c2cc(Cl)ccc2N)c(OC)c1Cl. The summed E-state index contributed by atoms with van der Waals surface area (Å²) in [4.78, 5) is 12.6. The zero-order valence-electron chi connectivity index (χ0n) is 11.4. The summed E-state index contributed by atoms with van der Waals surface area (Å²) < 4.78 is 10.3. The van der Waals surface area contributed by atoms with Crippen LogP contribution in [0.1, 0.15) is 15.9 Å². The number of hydrogen-bond acceptors (Lipinski definition) is 4. The van der Waals surface area contributed by atoms with E-state index in [0.29, 0.717) is 22.0 Å². The maximum absolute atomic E-state index is 12.6. The number of rotatable bonds is 4. The summed E-state index contributed by atoms with van der Waals surface area (Å²) in [6.07, 6.45) is 0. The second-order valence-corrected chi connectivity index (χ2v) is 5.04. The fourth-order valence-corrected chi connectivity index (χ4v) is 2.44. The molecule has 0 bridgehead atoms. The van der Waals surface area contributed by atoms with E-state index in [0.717, 1.165) is 0 Å². The molecular weight excluding hydrogens is 313 g/mol. The molecule has 0 saturated carbocycles. The molecule has 21 heavy (non-hydrogen) atoms. The van der Waals surface area contributed by atoms with Crippen molar-refractivity contribution in [3.8, 4) is 11.5 Å². The highest BCUT2D eigenvalue weighted by molar-refractivity contribution is 6.35. The van der Waals surface area contributed by atoms with E-state index in [9.17, 15) is 4.79 Å². The molecule has 0 aliphatic rings. The number of ether oxygens (including phenoxy) is 2. The van der Waals surface area contributed by atoms with Crippen LogP contribution < -0.4 is 15.2 Å². The van der Waals surface area contributed by atoms with E-state index >= 15 is 0 Å². The van der Waals surface area contributed by atoms with Crippen LogP contribution in [0.25, 0.3) is 0 Å². The summed E-state index contributed by atoms with van der Waals surface area (Å²) in [6.45, 7) is 0. The summed E-state index contributed by atoms with van der Waals surface area (Å²) in [5.74, 6) is 0.334. The summed E-state index contributed by atoms with van der Waals surface area (Å²) in [6, 6.07) is 7.88. The van der Waals surface area contributed by atoms with Gasteiger partial charge in [-0.3, -0.25) is 4.79 Å². The Hall–Kier alpha value is -1.91. The lowest BCUT2D eigenvalue weighted by molar-refractivity contribution is 0.103. The maximum Gasteiger partial charge on any atom is 0.198 e. The van der Waals surface area contributed by atoms with Crippen molar-refractivity contribution in [2.75, 3.05) is 20.0 Å². The van der Waals surface area contributed by atoms with Gasteiger partial charge in [-0.1, -0.05) is 23.2 Å². The first-order valence-corrected chi connectivity index (χ1v) is 6.75. The number of hydrogen-bond donors (Lipinski definition) is 1. The second-order valence-electron chi connectivity index (χ2n) is 4.22. The molecule has 2 rings (SSSR count). The third-order valence-electron chi connectivity index (χ3n) is 2.99. The summed E-state index contributed by atoms with van der Waals surface area (Å²) in [7, 11) is 2.91. The molecule has 2 aromatic carbocycles. The lowest BCUT2D eigenvalue weighted by Crippen LogP contribution is -2.08. The minimum absolute atomic E-state index is 0.228. The molecule has 0 unspecified atom stereocenters. The van der Waals surface area contributed by atoms with E-state index in [2.05, 4.69) is 0 Å². The van der Waals surface area contributed by atoms with Crippen LogP contribution in [0.2, 0.25) is 10.0 Å². The first kappa shape index (κ1) is 15.5. The molecule has 0 heterocycles. The van der Waals surface area contributed by atoms with Gasteiger partial charge in [-0.2, -0.15) is 0 Å². The van der Waals surface area contributed by atoms with Crippen LogP contribution in [0, 0.1) is 0 Å². The second kappa shape index (κ2) is 6.24. The lowest BCUT2D eigenvalue weighted by Gasteiger charge is -2.13. The average Bonchev–Trinajstić information content (AvgIpc) is 2.48. The Balaban J connectivity index is 2.58. The summed E-state index contributed by atoms with van der Waals surface area (Å²) in [5, 5.41) is 0.651. The van der Waals surface area contributed by atoms with Crippen LogP contribution in [-0.2, 0) is 0 Å². The molecule has 0 spiro atoms. The Morgan fingerprint density at radius 2 is 1.76 bits per heavy atom. The van der Waals surface area contributed by atoms with Gasteiger partial charge in [0, 0.05) is 16.3 Å². The van der Waals surface area contributed by atoms with E-state index in [1.807, 2.05) is 0 Å². The molecule has 110 valence electrons. The third kappa shape index (κ3) is 2.91. The van der Waals surface area contributed by atoms with Gasteiger partial charge < -0.3 is 15.2 Å². The number of nitrogen functional groups attached to an aromatic ring is 1. The van der Waals surface area contributed by atoms with Crippen molar-refractivity contribution in [2.45, 2.75) is 0 Å². The Kier molecular flexibility index (Phi) is 4.60. The van der Waals surface area contributed by atoms with Gasteiger partial charge >= 0.3 is 0 Å². The normalized spacial score (nSPS) is 10.3. The van der Waals surface area contributed by atoms with Crippen LogP contribution in [-0.4, -0.2) is 20.0 Å². The average molecular weight is 326 g/mol. The molecule has 0 radical (unpaired) electrons. The van der Waals surface area contributed by atoms with Gasteiger partial charge in [-0.15, -0.1) is 0 Å². The van der Waals surface area contributed by atoms with Crippen LogP contribution in [0.4, 0.5) is 5.69 Å². The van der Waals surface area contributed by atoms with E-state index in [4.69, 9.17) is 38.4 Å². The first-order valence-electron chi connectivity index (χ1n) is 5.99. The smallest absolute Gasteiger partial charge is 0.198 e. The molecule has 0 atom stereocenters. The number of nitrogens with two attached hydrogens (primary N) is 1. The highest BCUT2D eigenvalue weighted by Gasteiger charge is 2.21. The van der Waals surface area contributed by atoms with E-state index in [1.54, 1.807) is 24.3 Å². The zero-order chi connectivity index (χ0) is 15.6. The number of ketones is 1. The molecule has 0 aliphatic heterocycles. The van der Waals surface area contributed by atoms with Gasteiger partial charge in [0.05, 0.1) is 19.8 Å². The number of carbonyl (C=O) groups excluding carboxylic acids is 1. The Labute approximate surface area is 132 Å². The van der Waals surface area contributed by atoms with E-state index in [-0.39, 0.29) is 22.1 Å². The predicted octanol–water partition coefficient (Wildman–Crippen LogP) is 3.82. The fraction of sp³-hybridized carbons (Fsp3) is 0.133. The highest BCUT2D eigenvalue weighted by atomic mass is 35.5. The quantitative estimate of drug-likeness (QED) is 0.685. The topological polar surface area (TPSA) is 61.5 Å². The standard InChI is InChI=1S/C15H13Cl2NO3/c1-20-12-6-4-9(15(21-2)13(12)17)14(19)10-7-8(16)3-5-11(10)18/h3-7H,18H2,1-2H3. The van der Waals surface area contributed by atoms with Crippen molar-refractivity contribution in [1.29, 1.82) is 0 Å².